The predicted molar refractivity (Wildman–Crippen MR) is 125 cm³/mol. The Morgan fingerprint density at radius 1 is 0.968 bits per heavy atom. The second kappa shape index (κ2) is 10.4. The fourth-order valence-electron chi connectivity index (χ4n) is 3.85. The van der Waals surface area contributed by atoms with Crippen LogP contribution in [-0.2, 0) is 11.3 Å². The number of carbonyl (C=O) groups is 2. The van der Waals surface area contributed by atoms with Crippen molar-refractivity contribution in [2.75, 3.05) is 25.0 Å². The smallest absolute Gasteiger partial charge is 0.319 e. The lowest BCUT2D eigenvalue weighted by Gasteiger charge is -2.38. The summed E-state index contributed by atoms with van der Waals surface area (Å²) in [5.74, 6) is 0.143. The average Bonchev–Trinajstić information content (AvgIpc) is 2.74. The summed E-state index contributed by atoms with van der Waals surface area (Å²) >= 11 is 0. The van der Waals surface area contributed by atoms with Crippen LogP contribution in [0.15, 0.2) is 60.7 Å². The zero-order valence-corrected chi connectivity index (χ0v) is 18.8. The van der Waals surface area contributed by atoms with Crippen molar-refractivity contribution < 1.29 is 9.59 Å². The fraction of sp³-hybridized carbons (Fsp3) is 0.440. The molecule has 6 heteroatoms. The summed E-state index contributed by atoms with van der Waals surface area (Å²) in [6.45, 7) is 8.85. The van der Waals surface area contributed by atoms with Gasteiger partial charge in [-0.15, -0.1) is 0 Å². The maximum Gasteiger partial charge on any atom is 0.319 e. The van der Waals surface area contributed by atoms with E-state index >= 15 is 0 Å². The number of piperidine rings is 1. The molecule has 0 aromatic heterocycles. The van der Waals surface area contributed by atoms with Crippen LogP contribution in [0.4, 0.5) is 10.5 Å². The number of hydrogen-bond donors (Lipinski definition) is 2. The van der Waals surface area contributed by atoms with Gasteiger partial charge in [0.15, 0.2) is 0 Å². The van der Waals surface area contributed by atoms with E-state index in [-0.39, 0.29) is 23.5 Å². The molecule has 2 aromatic rings. The van der Waals surface area contributed by atoms with E-state index in [0.717, 1.165) is 37.2 Å². The van der Waals surface area contributed by atoms with E-state index in [1.807, 2.05) is 53.4 Å². The summed E-state index contributed by atoms with van der Waals surface area (Å²) in [6.07, 6.45) is 1.67. The van der Waals surface area contributed by atoms with Crippen LogP contribution < -0.4 is 10.6 Å². The topological polar surface area (TPSA) is 64.7 Å². The van der Waals surface area contributed by atoms with Gasteiger partial charge in [0.05, 0.1) is 6.54 Å². The van der Waals surface area contributed by atoms with Crippen molar-refractivity contribution in [2.24, 2.45) is 0 Å². The summed E-state index contributed by atoms with van der Waals surface area (Å²) in [5.41, 5.74) is 1.67. The van der Waals surface area contributed by atoms with Gasteiger partial charge >= 0.3 is 6.03 Å². The molecule has 3 rings (SSSR count). The molecular weight excluding hydrogens is 388 g/mol. The minimum Gasteiger partial charge on any atom is -0.335 e. The standard InChI is InChI=1S/C25H34N4O2/c1-25(2,3)29(18-20-10-6-4-7-11-20)23(30)19-28-16-14-22(15-17-28)27-24(31)26-21-12-8-5-9-13-21/h4-13,22H,14-19H2,1-3H3,(H2,26,27,31). The molecule has 0 atom stereocenters. The van der Waals surface area contributed by atoms with Crippen molar-refractivity contribution in [2.45, 2.75) is 51.7 Å². The van der Waals surface area contributed by atoms with Crippen LogP contribution in [0.1, 0.15) is 39.2 Å². The second-order valence-corrected chi connectivity index (χ2v) is 9.15. The molecule has 31 heavy (non-hydrogen) atoms. The van der Waals surface area contributed by atoms with Crippen molar-refractivity contribution in [3.8, 4) is 0 Å². The Morgan fingerprint density at radius 3 is 2.13 bits per heavy atom. The molecule has 0 aliphatic carbocycles. The first-order chi connectivity index (χ1) is 14.8. The molecule has 1 heterocycles. The highest BCUT2D eigenvalue weighted by molar-refractivity contribution is 5.89. The molecule has 3 amide bonds. The molecule has 1 aliphatic rings. The highest BCUT2D eigenvalue weighted by atomic mass is 16.2. The molecule has 1 aliphatic heterocycles. The van der Waals surface area contributed by atoms with Gasteiger partial charge in [-0.1, -0.05) is 48.5 Å². The molecule has 0 saturated carbocycles. The Kier molecular flexibility index (Phi) is 7.69. The van der Waals surface area contributed by atoms with Crippen LogP contribution in [-0.4, -0.2) is 53.0 Å². The van der Waals surface area contributed by atoms with Crippen molar-refractivity contribution in [1.82, 2.24) is 15.1 Å². The minimum atomic E-state index is -0.248. The Morgan fingerprint density at radius 2 is 1.55 bits per heavy atom. The van der Waals surface area contributed by atoms with Gasteiger partial charge in [0.25, 0.3) is 0 Å². The van der Waals surface area contributed by atoms with Crippen LogP contribution in [0, 0.1) is 0 Å². The highest BCUT2D eigenvalue weighted by Gasteiger charge is 2.29. The van der Waals surface area contributed by atoms with E-state index in [1.54, 1.807) is 0 Å². The third-order valence-corrected chi connectivity index (χ3v) is 5.61. The number of urea groups is 1. The Hall–Kier alpha value is -2.86. The minimum absolute atomic E-state index is 0.123. The van der Waals surface area contributed by atoms with Gasteiger partial charge in [0.2, 0.25) is 5.91 Å². The van der Waals surface area contributed by atoms with E-state index in [2.05, 4.69) is 48.4 Å². The van der Waals surface area contributed by atoms with E-state index in [4.69, 9.17) is 0 Å². The van der Waals surface area contributed by atoms with Crippen molar-refractivity contribution in [3.63, 3.8) is 0 Å². The lowest BCUT2D eigenvalue weighted by Crippen LogP contribution is -2.52. The molecular formula is C25H34N4O2. The average molecular weight is 423 g/mol. The van der Waals surface area contributed by atoms with Gasteiger partial charge < -0.3 is 15.5 Å². The Bertz CT molecular complexity index is 841. The van der Waals surface area contributed by atoms with Gasteiger partial charge in [-0.2, -0.15) is 0 Å². The van der Waals surface area contributed by atoms with Gasteiger partial charge in [-0.05, 0) is 51.3 Å². The second-order valence-electron chi connectivity index (χ2n) is 9.15. The Labute approximate surface area is 185 Å². The lowest BCUT2D eigenvalue weighted by molar-refractivity contribution is -0.138. The van der Waals surface area contributed by atoms with E-state index in [1.165, 1.54) is 0 Å². The first kappa shape index (κ1) is 22.8. The maximum absolute atomic E-state index is 13.1. The lowest BCUT2D eigenvalue weighted by atomic mass is 10.0. The van der Waals surface area contributed by atoms with Crippen LogP contribution in [0.25, 0.3) is 0 Å². The summed E-state index contributed by atoms with van der Waals surface area (Å²) in [4.78, 5) is 29.5. The monoisotopic (exact) mass is 422 g/mol. The molecule has 0 unspecified atom stereocenters. The Balaban J connectivity index is 1.47. The van der Waals surface area contributed by atoms with Crippen molar-refractivity contribution in [1.29, 1.82) is 0 Å². The van der Waals surface area contributed by atoms with Crippen LogP contribution in [0.2, 0.25) is 0 Å². The third kappa shape index (κ3) is 7.10. The summed E-state index contributed by atoms with van der Waals surface area (Å²) < 4.78 is 0. The van der Waals surface area contributed by atoms with Crippen molar-refractivity contribution >= 4 is 17.6 Å². The van der Waals surface area contributed by atoms with Crippen LogP contribution >= 0.6 is 0 Å². The number of carbonyl (C=O) groups excluding carboxylic acids is 2. The predicted octanol–water partition coefficient (Wildman–Crippen LogP) is 4.10. The van der Waals surface area contributed by atoms with Gasteiger partial charge in [0.1, 0.15) is 0 Å². The zero-order chi connectivity index (χ0) is 22.3. The molecule has 2 aromatic carbocycles. The van der Waals surface area contributed by atoms with Gasteiger partial charge in [-0.3, -0.25) is 9.69 Å². The number of anilines is 1. The maximum atomic E-state index is 13.1. The molecule has 166 valence electrons. The number of para-hydroxylation sites is 1. The first-order valence-electron chi connectivity index (χ1n) is 11.0. The molecule has 0 bridgehead atoms. The highest BCUT2D eigenvalue weighted by Crippen LogP contribution is 2.19. The molecule has 6 nitrogen and oxygen atoms in total. The molecule has 2 N–H and O–H groups in total. The first-order valence-corrected chi connectivity index (χ1v) is 11.0. The quantitative estimate of drug-likeness (QED) is 0.737. The zero-order valence-electron chi connectivity index (χ0n) is 18.8. The number of likely N-dealkylation sites (tertiary alicyclic amines) is 1. The molecule has 0 spiro atoms. The largest absolute Gasteiger partial charge is 0.335 e. The number of amides is 3. The number of benzene rings is 2. The van der Waals surface area contributed by atoms with E-state index < -0.39 is 0 Å². The molecule has 0 radical (unpaired) electrons. The molecule has 1 fully saturated rings. The van der Waals surface area contributed by atoms with Crippen LogP contribution in [0.5, 0.6) is 0 Å². The number of nitrogens with one attached hydrogen (secondary N) is 2. The summed E-state index contributed by atoms with van der Waals surface area (Å²) in [7, 11) is 0. The summed E-state index contributed by atoms with van der Waals surface area (Å²) in [6, 6.07) is 19.5. The van der Waals surface area contributed by atoms with Crippen LogP contribution in [0.3, 0.4) is 0 Å². The third-order valence-electron chi connectivity index (χ3n) is 5.61. The normalized spacial score (nSPS) is 15.3. The number of hydrogen-bond acceptors (Lipinski definition) is 3. The summed E-state index contributed by atoms with van der Waals surface area (Å²) in [5, 5.41) is 5.91. The van der Waals surface area contributed by atoms with E-state index in [0.29, 0.717) is 13.1 Å². The number of rotatable bonds is 6. The van der Waals surface area contributed by atoms with Crippen molar-refractivity contribution in [3.05, 3.63) is 66.2 Å². The van der Waals surface area contributed by atoms with E-state index in [9.17, 15) is 9.59 Å². The molecule has 1 saturated heterocycles. The number of nitrogens with zero attached hydrogens (tertiary/aromatic N) is 2. The fourth-order valence-corrected chi connectivity index (χ4v) is 3.85. The van der Waals surface area contributed by atoms with Gasteiger partial charge in [0, 0.05) is 36.9 Å². The SMILES string of the molecule is CC(C)(C)N(Cc1ccccc1)C(=O)CN1CCC(NC(=O)Nc2ccccc2)CC1. The van der Waals surface area contributed by atoms with Gasteiger partial charge in [-0.25, -0.2) is 4.79 Å².